The van der Waals surface area contributed by atoms with Crippen molar-refractivity contribution < 1.29 is 4.79 Å². The smallest absolute Gasteiger partial charge is 0.238 e. The van der Waals surface area contributed by atoms with Crippen molar-refractivity contribution in [3.8, 4) is 0 Å². The Morgan fingerprint density at radius 3 is 2.95 bits per heavy atom. The van der Waals surface area contributed by atoms with Gasteiger partial charge in [0.05, 0.1) is 17.3 Å². The van der Waals surface area contributed by atoms with Gasteiger partial charge in [0.1, 0.15) is 0 Å². The molecular weight excluding hydrogens is 297 g/mol. The van der Waals surface area contributed by atoms with Crippen molar-refractivity contribution in [1.29, 1.82) is 0 Å². The van der Waals surface area contributed by atoms with Gasteiger partial charge in [-0.15, -0.1) is 0 Å². The number of hydrogen-bond acceptors (Lipinski definition) is 3. The lowest BCUT2D eigenvalue weighted by Crippen LogP contribution is -2.41. The average molecular weight is 316 g/mol. The highest BCUT2D eigenvalue weighted by molar-refractivity contribution is 6.35. The number of likely N-dealkylation sites (N-methyl/N-ethyl adjacent to an activating group) is 1. The minimum absolute atomic E-state index is 0.0667. The number of carbonyl (C=O) groups excluding carboxylic acids is 1. The first kappa shape index (κ1) is 15.6. The van der Waals surface area contributed by atoms with Gasteiger partial charge in [-0.1, -0.05) is 30.1 Å². The molecule has 1 aromatic carbocycles. The molecule has 0 aromatic heterocycles. The molecule has 1 atom stereocenters. The number of benzene rings is 1. The van der Waals surface area contributed by atoms with E-state index >= 15 is 0 Å². The second-order valence-electron chi connectivity index (χ2n) is 4.88. The van der Waals surface area contributed by atoms with E-state index in [1.54, 1.807) is 18.2 Å². The van der Waals surface area contributed by atoms with Crippen LogP contribution >= 0.6 is 23.2 Å². The van der Waals surface area contributed by atoms with Gasteiger partial charge in [0.2, 0.25) is 5.91 Å². The number of halogens is 2. The largest absolute Gasteiger partial charge is 0.324 e. The second kappa shape index (κ2) is 7.27. The monoisotopic (exact) mass is 315 g/mol. The van der Waals surface area contributed by atoms with E-state index in [9.17, 15) is 4.79 Å². The molecule has 2 N–H and O–H groups in total. The predicted molar refractivity (Wildman–Crippen MR) is 83.6 cm³/mol. The van der Waals surface area contributed by atoms with Gasteiger partial charge < -0.3 is 10.6 Å². The van der Waals surface area contributed by atoms with Crippen LogP contribution in [0.3, 0.4) is 0 Å². The van der Waals surface area contributed by atoms with Crippen molar-refractivity contribution in [3.63, 3.8) is 0 Å². The quantitative estimate of drug-likeness (QED) is 0.878. The summed E-state index contributed by atoms with van der Waals surface area (Å²) in [6.45, 7) is 5.24. The molecule has 1 aliphatic heterocycles. The highest BCUT2D eigenvalue weighted by Gasteiger charge is 2.23. The third-order valence-electron chi connectivity index (χ3n) is 3.51. The van der Waals surface area contributed by atoms with Crippen LogP contribution in [0, 0.1) is 0 Å². The predicted octanol–water partition coefficient (Wildman–Crippen LogP) is 2.62. The maximum Gasteiger partial charge on any atom is 0.238 e. The minimum Gasteiger partial charge on any atom is -0.324 e. The van der Waals surface area contributed by atoms with Gasteiger partial charge in [0, 0.05) is 17.6 Å². The summed E-state index contributed by atoms with van der Waals surface area (Å²) in [5, 5.41) is 7.18. The number of nitrogens with zero attached hydrogens (tertiary/aromatic N) is 1. The third-order valence-corrected chi connectivity index (χ3v) is 4.07. The third kappa shape index (κ3) is 4.09. The molecule has 1 heterocycles. The maximum atomic E-state index is 12.1. The topological polar surface area (TPSA) is 44.4 Å². The van der Waals surface area contributed by atoms with Crippen molar-refractivity contribution in [3.05, 3.63) is 28.2 Å². The Kier molecular flexibility index (Phi) is 5.66. The van der Waals surface area contributed by atoms with Crippen LogP contribution in [-0.2, 0) is 4.79 Å². The molecule has 1 fully saturated rings. The zero-order valence-electron chi connectivity index (χ0n) is 11.5. The Morgan fingerprint density at radius 1 is 1.50 bits per heavy atom. The highest BCUT2D eigenvalue weighted by atomic mass is 35.5. The van der Waals surface area contributed by atoms with Crippen LogP contribution in [-0.4, -0.2) is 43.0 Å². The van der Waals surface area contributed by atoms with Crippen molar-refractivity contribution in [2.75, 3.05) is 31.5 Å². The fourth-order valence-corrected chi connectivity index (χ4v) is 2.75. The second-order valence-corrected chi connectivity index (χ2v) is 5.73. The summed E-state index contributed by atoms with van der Waals surface area (Å²) in [7, 11) is 0. The summed E-state index contributed by atoms with van der Waals surface area (Å²) in [5.41, 5.74) is 0.560. The van der Waals surface area contributed by atoms with E-state index in [0.29, 0.717) is 28.3 Å². The van der Waals surface area contributed by atoms with Gasteiger partial charge in [-0.2, -0.15) is 0 Å². The van der Waals surface area contributed by atoms with Gasteiger partial charge in [0.25, 0.3) is 0 Å². The number of carbonyl (C=O) groups is 1. The first-order valence-corrected chi connectivity index (χ1v) is 7.55. The fourth-order valence-electron chi connectivity index (χ4n) is 2.42. The van der Waals surface area contributed by atoms with E-state index in [1.165, 1.54) is 0 Å². The van der Waals surface area contributed by atoms with E-state index in [0.717, 1.165) is 26.1 Å². The lowest BCUT2D eigenvalue weighted by atomic mass is 10.2. The molecule has 1 unspecified atom stereocenters. The summed E-state index contributed by atoms with van der Waals surface area (Å²) in [6, 6.07) is 5.47. The molecule has 4 nitrogen and oxygen atoms in total. The summed E-state index contributed by atoms with van der Waals surface area (Å²) in [4.78, 5) is 14.3. The van der Waals surface area contributed by atoms with Crippen LogP contribution in [0.4, 0.5) is 5.69 Å². The van der Waals surface area contributed by atoms with E-state index < -0.39 is 0 Å². The Hall–Kier alpha value is -0.810. The van der Waals surface area contributed by atoms with Crippen LogP contribution in [0.1, 0.15) is 13.3 Å². The number of anilines is 1. The van der Waals surface area contributed by atoms with Gasteiger partial charge >= 0.3 is 0 Å². The van der Waals surface area contributed by atoms with Crippen LogP contribution < -0.4 is 10.6 Å². The number of nitrogens with one attached hydrogen (secondary N) is 2. The summed E-state index contributed by atoms with van der Waals surface area (Å²) in [5.74, 6) is -0.0667. The molecule has 20 heavy (non-hydrogen) atoms. The summed E-state index contributed by atoms with van der Waals surface area (Å²) >= 11 is 11.9. The molecule has 1 aliphatic rings. The van der Waals surface area contributed by atoms with E-state index in [4.69, 9.17) is 23.2 Å². The zero-order valence-corrected chi connectivity index (χ0v) is 13.0. The molecule has 1 amide bonds. The van der Waals surface area contributed by atoms with Crippen molar-refractivity contribution >= 4 is 34.8 Å². The van der Waals surface area contributed by atoms with Gasteiger partial charge in [-0.05, 0) is 37.7 Å². The lowest BCUT2D eigenvalue weighted by molar-refractivity contribution is -0.117. The van der Waals surface area contributed by atoms with Gasteiger partial charge in [-0.25, -0.2) is 0 Å². The Labute approximate surface area is 129 Å². The average Bonchev–Trinajstić information content (AvgIpc) is 2.94. The molecular formula is C14H19Cl2N3O. The SMILES string of the molecule is CCN(CC(=O)Nc1cc(Cl)ccc1Cl)C1CCNC1. The molecule has 0 saturated carbocycles. The van der Waals surface area contributed by atoms with Crippen LogP contribution in [0.25, 0.3) is 0 Å². The first-order valence-electron chi connectivity index (χ1n) is 6.80. The molecule has 0 spiro atoms. The molecule has 1 saturated heterocycles. The van der Waals surface area contributed by atoms with E-state index in [2.05, 4.69) is 22.5 Å². The van der Waals surface area contributed by atoms with E-state index in [-0.39, 0.29) is 5.91 Å². The van der Waals surface area contributed by atoms with Crippen molar-refractivity contribution in [2.45, 2.75) is 19.4 Å². The maximum absolute atomic E-state index is 12.1. The van der Waals surface area contributed by atoms with Gasteiger partial charge in [-0.3, -0.25) is 9.69 Å². The van der Waals surface area contributed by atoms with Crippen LogP contribution in [0.2, 0.25) is 10.0 Å². The molecule has 0 bridgehead atoms. The summed E-state index contributed by atoms with van der Waals surface area (Å²) < 4.78 is 0. The normalized spacial score (nSPS) is 18.5. The molecule has 2 rings (SSSR count). The first-order chi connectivity index (χ1) is 9.60. The molecule has 6 heteroatoms. The standard InChI is InChI=1S/C14H19Cl2N3O/c1-2-19(11-5-6-17-8-11)9-14(20)18-13-7-10(15)3-4-12(13)16/h3-4,7,11,17H,2,5-6,8-9H2,1H3,(H,18,20). The van der Waals surface area contributed by atoms with E-state index in [1.807, 2.05) is 0 Å². The molecule has 0 aliphatic carbocycles. The molecule has 0 radical (unpaired) electrons. The van der Waals surface area contributed by atoms with Crippen molar-refractivity contribution in [1.82, 2.24) is 10.2 Å². The van der Waals surface area contributed by atoms with Crippen LogP contribution in [0.5, 0.6) is 0 Å². The number of rotatable bonds is 5. The Balaban J connectivity index is 1.95. The van der Waals surface area contributed by atoms with Gasteiger partial charge in [0.15, 0.2) is 0 Å². The lowest BCUT2D eigenvalue weighted by Gasteiger charge is -2.26. The highest BCUT2D eigenvalue weighted by Crippen LogP contribution is 2.25. The zero-order chi connectivity index (χ0) is 14.5. The van der Waals surface area contributed by atoms with Crippen LogP contribution in [0.15, 0.2) is 18.2 Å². The number of amides is 1. The molecule has 110 valence electrons. The fraction of sp³-hybridized carbons (Fsp3) is 0.500. The van der Waals surface area contributed by atoms with Crippen molar-refractivity contribution in [2.24, 2.45) is 0 Å². The molecule has 1 aromatic rings. The number of hydrogen-bond donors (Lipinski definition) is 2. The Bertz CT molecular complexity index is 475. The summed E-state index contributed by atoms with van der Waals surface area (Å²) in [6.07, 6.45) is 1.08. The Morgan fingerprint density at radius 2 is 2.30 bits per heavy atom. The minimum atomic E-state index is -0.0667.